The molecule has 0 bridgehead atoms. The minimum absolute atomic E-state index is 0.476. The first-order valence-electron chi connectivity index (χ1n) is 5.78. The van der Waals surface area contributed by atoms with E-state index in [-0.39, 0.29) is 0 Å². The molecule has 0 radical (unpaired) electrons. The van der Waals surface area contributed by atoms with Crippen LogP contribution in [0.5, 0.6) is 5.75 Å². The van der Waals surface area contributed by atoms with E-state index in [1.165, 1.54) is 0 Å². The number of nitrogens with zero attached hydrogens (tertiary/aromatic N) is 1. The summed E-state index contributed by atoms with van der Waals surface area (Å²) >= 11 is 9.57. The minimum Gasteiger partial charge on any atom is -0.497 e. The lowest BCUT2D eigenvalue weighted by Gasteiger charge is -2.11. The van der Waals surface area contributed by atoms with Gasteiger partial charge in [0.2, 0.25) is 0 Å². The molecule has 0 amide bonds. The molecule has 0 spiro atoms. The van der Waals surface area contributed by atoms with Crippen molar-refractivity contribution in [1.29, 1.82) is 0 Å². The predicted molar refractivity (Wildman–Crippen MR) is 82.0 cm³/mol. The molecule has 100 valence electrons. The van der Waals surface area contributed by atoms with Gasteiger partial charge in [0, 0.05) is 17.2 Å². The number of hydrogen-bond donors (Lipinski definition) is 1. The third kappa shape index (κ3) is 3.61. The molecule has 0 saturated carbocycles. The number of pyridine rings is 1. The lowest BCUT2D eigenvalue weighted by molar-refractivity contribution is 0.414. The van der Waals surface area contributed by atoms with Crippen LogP contribution in [0.1, 0.15) is 11.1 Å². The van der Waals surface area contributed by atoms with Gasteiger partial charge in [0.05, 0.1) is 12.8 Å². The second-order valence-corrected chi connectivity index (χ2v) is 5.37. The molecule has 1 N–H and O–H groups in total. The molecular weight excluding hydrogens is 328 g/mol. The molecule has 1 aromatic carbocycles. The third-order valence-electron chi connectivity index (χ3n) is 2.70. The summed E-state index contributed by atoms with van der Waals surface area (Å²) in [6.45, 7) is 2.62. The zero-order valence-electron chi connectivity index (χ0n) is 10.7. The summed E-state index contributed by atoms with van der Waals surface area (Å²) in [5.41, 5.74) is 2.99. The van der Waals surface area contributed by atoms with Crippen LogP contribution < -0.4 is 10.1 Å². The molecule has 3 nitrogen and oxygen atoms in total. The fourth-order valence-corrected chi connectivity index (χ4v) is 2.24. The lowest BCUT2D eigenvalue weighted by Crippen LogP contribution is -2.02. The second-order valence-electron chi connectivity index (χ2n) is 4.16. The Morgan fingerprint density at radius 1 is 1.37 bits per heavy atom. The molecule has 0 aliphatic heterocycles. The van der Waals surface area contributed by atoms with Crippen molar-refractivity contribution in [2.75, 3.05) is 12.4 Å². The van der Waals surface area contributed by atoms with Gasteiger partial charge in [0.25, 0.3) is 0 Å². The highest BCUT2D eigenvalue weighted by molar-refractivity contribution is 9.10. The average molecular weight is 342 g/mol. The molecule has 19 heavy (non-hydrogen) atoms. The Morgan fingerprint density at radius 3 is 2.89 bits per heavy atom. The Bertz CT molecular complexity index is 590. The van der Waals surface area contributed by atoms with Crippen LogP contribution in [0.2, 0.25) is 5.15 Å². The van der Waals surface area contributed by atoms with E-state index in [0.29, 0.717) is 11.7 Å². The molecule has 0 atom stereocenters. The van der Waals surface area contributed by atoms with Crippen LogP contribution in [0.3, 0.4) is 0 Å². The highest BCUT2D eigenvalue weighted by Gasteiger charge is 2.05. The normalized spacial score (nSPS) is 10.3. The van der Waals surface area contributed by atoms with Crippen LogP contribution in [0.4, 0.5) is 5.69 Å². The summed E-state index contributed by atoms with van der Waals surface area (Å²) in [4.78, 5) is 4.11. The molecule has 1 heterocycles. The summed E-state index contributed by atoms with van der Waals surface area (Å²) in [6.07, 6.45) is 1.75. The smallest absolute Gasteiger partial charge is 0.152 e. The number of hydrogen-bond acceptors (Lipinski definition) is 3. The Labute approximate surface area is 126 Å². The lowest BCUT2D eigenvalue weighted by atomic mass is 10.2. The van der Waals surface area contributed by atoms with Crippen molar-refractivity contribution in [3.63, 3.8) is 0 Å². The molecule has 0 unspecified atom stereocenters. The summed E-state index contributed by atoms with van der Waals surface area (Å²) in [5, 5.41) is 3.76. The van der Waals surface area contributed by atoms with E-state index in [1.54, 1.807) is 13.3 Å². The van der Waals surface area contributed by atoms with E-state index in [1.807, 2.05) is 31.2 Å². The number of benzene rings is 1. The molecule has 5 heteroatoms. The first kappa shape index (κ1) is 14.2. The first-order chi connectivity index (χ1) is 9.10. The Hall–Kier alpha value is -1.26. The van der Waals surface area contributed by atoms with Crippen molar-refractivity contribution in [1.82, 2.24) is 4.98 Å². The number of rotatable bonds is 4. The van der Waals surface area contributed by atoms with Gasteiger partial charge in [0.15, 0.2) is 5.15 Å². The van der Waals surface area contributed by atoms with Crippen LogP contribution in [0, 0.1) is 6.92 Å². The Kier molecular flexibility index (Phi) is 4.66. The van der Waals surface area contributed by atoms with E-state index in [4.69, 9.17) is 16.3 Å². The number of methoxy groups -OCH3 is 1. The predicted octanol–water partition coefficient (Wildman–Crippen LogP) is 4.43. The van der Waals surface area contributed by atoms with Gasteiger partial charge in [-0.15, -0.1) is 0 Å². The average Bonchev–Trinajstić information content (AvgIpc) is 2.41. The molecule has 1 aromatic heterocycles. The van der Waals surface area contributed by atoms with Gasteiger partial charge in [0.1, 0.15) is 5.75 Å². The standard InChI is InChI=1S/C14H14BrClN2O/c1-9-5-13(14(16)18-7-9)17-8-10-6-11(19-2)3-4-12(10)15/h3-7,17H,8H2,1-2H3. The van der Waals surface area contributed by atoms with Gasteiger partial charge in [-0.3, -0.25) is 0 Å². The fraction of sp³-hybridized carbons (Fsp3) is 0.214. The van der Waals surface area contributed by atoms with Crippen LogP contribution in [-0.2, 0) is 6.54 Å². The maximum atomic E-state index is 6.05. The maximum Gasteiger partial charge on any atom is 0.152 e. The van der Waals surface area contributed by atoms with Crippen LogP contribution in [0.25, 0.3) is 0 Å². The molecule has 0 fully saturated rings. The number of nitrogens with one attached hydrogen (secondary N) is 1. The van der Waals surface area contributed by atoms with E-state index in [0.717, 1.165) is 27.0 Å². The topological polar surface area (TPSA) is 34.1 Å². The van der Waals surface area contributed by atoms with Crippen molar-refractivity contribution in [2.45, 2.75) is 13.5 Å². The fourth-order valence-electron chi connectivity index (χ4n) is 1.68. The van der Waals surface area contributed by atoms with Crippen LogP contribution in [-0.4, -0.2) is 12.1 Å². The summed E-state index contributed by atoms with van der Waals surface area (Å²) < 4.78 is 6.24. The van der Waals surface area contributed by atoms with Crippen molar-refractivity contribution in [3.8, 4) is 5.75 Å². The number of aromatic nitrogens is 1. The van der Waals surface area contributed by atoms with E-state index >= 15 is 0 Å². The van der Waals surface area contributed by atoms with Gasteiger partial charge in [-0.1, -0.05) is 27.5 Å². The van der Waals surface area contributed by atoms with Crippen LogP contribution >= 0.6 is 27.5 Å². The molecule has 2 rings (SSSR count). The van der Waals surface area contributed by atoms with Crippen molar-refractivity contribution >= 4 is 33.2 Å². The van der Waals surface area contributed by atoms with E-state index < -0.39 is 0 Å². The zero-order valence-corrected chi connectivity index (χ0v) is 13.0. The monoisotopic (exact) mass is 340 g/mol. The Balaban J connectivity index is 2.16. The van der Waals surface area contributed by atoms with Gasteiger partial charge in [-0.05, 0) is 42.3 Å². The minimum atomic E-state index is 0.476. The second kappa shape index (κ2) is 6.26. The highest BCUT2D eigenvalue weighted by Crippen LogP contribution is 2.25. The van der Waals surface area contributed by atoms with Gasteiger partial charge >= 0.3 is 0 Å². The number of anilines is 1. The SMILES string of the molecule is COc1ccc(Br)c(CNc2cc(C)cnc2Cl)c1. The van der Waals surface area contributed by atoms with E-state index in [2.05, 4.69) is 26.2 Å². The van der Waals surface area contributed by atoms with Gasteiger partial charge < -0.3 is 10.1 Å². The molecule has 0 aliphatic rings. The molecular formula is C14H14BrClN2O. The van der Waals surface area contributed by atoms with Crippen LogP contribution in [0.15, 0.2) is 34.9 Å². The Morgan fingerprint density at radius 2 is 2.16 bits per heavy atom. The summed E-state index contributed by atoms with van der Waals surface area (Å²) in [6, 6.07) is 7.83. The highest BCUT2D eigenvalue weighted by atomic mass is 79.9. The third-order valence-corrected chi connectivity index (χ3v) is 3.77. The quantitative estimate of drug-likeness (QED) is 0.836. The van der Waals surface area contributed by atoms with Gasteiger partial charge in [-0.2, -0.15) is 0 Å². The first-order valence-corrected chi connectivity index (χ1v) is 6.95. The molecule has 2 aromatic rings. The summed E-state index contributed by atoms with van der Waals surface area (Å²) in [7, 11) is 1.65. The molecule has 0 aliphatic carbocycles. The largest absolute Gasteiger partial charge is 0.497 e. The number of halogens is 2. The number of aryl methyl sites for hydroxylation is 1. The van der Waals surface area contributed by atoms with Crippen molar-refractivity contribution in [2.24, 2.45) is 0 Å². The molecule has 0 saturated heterocycles. The van der Waals surface area contributed by atoms with Gasteiger partial charge in [-0.25, -0.2) is 4.98 Å². The zero-order chi connectivity index (χ0) is 13.8. The van der Waals surface area contributed by atoms with Crippen molar-refractivity contribution < 1.29 is 4.74 Å². The number of ether oxygens (including phenoxy) is 1. The van der Waals surface area contributed by atoms with Crippen molar-refractivity contribution in [3.05, 3.63) is 51.2 Å². The summed E-state index contributed by atoms with van der Waals surface area (Å²) in [5.74, 6) is 0.827. The maximum absolute atomic E-state index is 6.05. The van der Waals surface area contributed by atoms with E-state index in [9.17, 15) is 0 Å².